The SMILES string of the molecule is NC(=O)c1cc(N)cnc1Sc1ccc(Cl)c(Cl)c1. The van der Waals surface area contributed by atoms with Crippen LogP contribution in [0, 0.1) is 0 Å². The maximum absolute atomic E-state index is 11.4. The number of halogens is 2. The molecule has 19 heavy (non-hydrogen) atoms. The van der Waals surface area contributed by atoms with E-state index in [0.717, 1.165) is 4.90 Å². The molecule has 0 bridgehead atoms. The molecule has 1 aromatic carbocycles. The van der Waals surface area contributed by atoms with E-state index in [1.165, 1.54) is 24.0 Å². The number of amides is 1. The lowest BCUT2D eigenvalue weighted by atomic mass is 10.2. The quantitative estimate of drug-likeness (QED) is 0.911. The van der Waals surface area contributed by atoms with E-state index in [1.54, 1.807) is 18.2 Å². The number of nitrogen functional groups attached to an aromatic ring is 1. The molecule has 0 spiro atoms. The van der Waals surface area contributed by atoms with Crippen molar-refractivity contribution in [3.8, 4) is 0 Å². The first-order valence-electron chi connectivity index (χ1n) is 5.15. The molecule has 0 atom stereocenters. The van der Waals surface area contributed by atoms with Crippen molar-refractivity contribution in [2.24, 2.45) is 5.73 Å². The molecule has 4 N–H and O–H groups in total. The fraction of sp³-hybridized carbons (Fsp3) is 0. The summed E-state index contributed by atoms with van der Waals surface area (Å²) < 4.78 is 0. The molecule has 0 aliphatic carbocycles. The van der Waals surface area contributed by atoms with Gasteiger partial charge in [0.15, 0.2) is 0 Å². The van der Waals surface area contributed by atoms with Crippen molar-refractivity contribution in [1.29, 1.82) is 0 Å². The summed E-state index contributed by atoms with van der Waals surface area (Å²) in [7, 11) is 0. The van der Waals surface area contributed by atoms with Crippen molar-refractivity contribution in [2.75, 3.05) is 5.73 Å². The normalized spacial score (nSPS) is 10.4. The highest BCUT2D eigenvalue weighted by Gasteiger charge is 2.12. The van der Waals surface area contributed by atoms with Gasteiger partial charge in [0, 0.05) is 4.90 Å². The van der Waals surface area contributed by atoms with Gasteiger partial charge in [0.05, 0.1) is 27.5 Å². The second-order valence-corrected chi connectivity index (χ2v) is 5.54. The van der Waals surface area contributed by atoms with Crippen LogP contribution in [0.1, 0.15) is 10.4 Å². The Bertz CT molecular complexity index is 649. The minimum absolute atomic E-state index is 0.274. The van der Waals surface area contributed by atoms with Gasteiger partial charge in [-0.05, 0) is 24.3 Å². The molecule has 7 heteroatoms. The number of carbonyl (C=O) groups is 1. The van der Waals surface area contributed by atoms with Crippen LogP contribution in [0.4, 0.5) is 5.69 Å². The summed E-state index contributed by atoms with van der Waals surface area (Å²) >= 11 is 13.0. The fourth-order valence-electron chi connectivity index (χ4n) is 1.38. The molecule has 2 rings (SSSR count). The Hall–Kier alpha value is -1.43. The van der Waals surface area contributed by atoms with Crippen LogP contribution in [-0.4, -0.2) is 10.9 Å². The Morgan fingerprint density at radius 1 is 1.21 bits per heavy atom. The number of hydrogen-bond acceptors (Lipinski definition) is 4. The summed E-state index contributed by atoms with van der Waals surface area (Å²) in [4.78, 5) is 16.3. The Kier molecular flexibility index (Phi) is 4.19. The number of carbonyl (C=O) groups excluding carboxylic acids is 1. The van der Waals surface area contributed by atoms with Gasteiger partial charge in [-0.15, -0.1) is 0 Å². The largest absolute Gasteiger partial charge is 0.397 e. The summed E-state index contributed by atoms with van der Waals surface area (Å²) in [6, 6.07) is 6.64. The van der Waals surface area contributed by atoms with Gasteiger partial charge in [0.1, 0.15) is 5.03 Å². The van der Waals surface area contributed by atoms with Crippen molar-refractivity contribution >= 4 is 46.6 Å². The molecule has 0 fully saturated rings. The van der Waals surface area contributed by atoms with Crippen LogP contribution in [0.25, 0.3) is 0 Å². The maximum Gasteiger partial charge on any atom is 0.251 e. The summed E-state index contributed by atoms with van der Waals surface area (Å²) in [5.74, 6) is -0.581. The zero-order valence-corrected chi connectivity index (χ0v) is 11.9. The third-order valence-electron chi connectivity index (χ3n) is 2.24. The molecule has 98 valence electrons. The smallest absolute Gasteiger partial charge is 0.251 e. The first-order chi connectivity index (χ1) is 8.97. The van der Waals surface area contributed by atoms with E-state index in [4.69, 9.17) is 34.7 Å². The minimum atomic E-state index is -0.581. The van der Waals surface area contributed by atoms with E-state index in [9.17, 15) is 4.79 Å². The molecule has 1 aromatic heterocycles. The van der Waals surface area contributed by atoms with Crippen LogP contribution in [0.5, 0.6) is 0 Å². The molecule has 1 amide bonds. The predicted molar refractivity (Wildman–Crippen MR) is 77.8 cm³/mol. The minimum Gasteiger partial charge on any atom is -0.397 e. The maximum atomic E-state index is 11.4. The third-order valence-corrected chi connectivity index (χ3v) is 3.99. The third kappa shape index (κ3) is 3.32. The highest BCUT2D eigenvalue weighted by Crippen LogP contribution is 2.33. The first kappa shape index (κ1) is 14.0. The molecule has 0 radical (unpaired) electrons. The summed E-state index contributed by atoms with van der Waals surface area (Å²) in [6.07, 6.45) is 1.46. The monoisotopic (exact) mass is 313 g/mol. The van der Waals surface area contributed by atoms with Gasteiger partial charge in [0.2, 0.25) is 0 Å². The van der Waals surface area contributed by atoms with Crippen LogP contribution < -0.4 is 11.5 Å². The van der Waals surface area contributed by atoms with E-state index in [-0.39, 0.29) is 5.56 Å². The van der Waals surface area contributed by atoms with Crippen LogP contribution in [-0.2, 0) is 0 Å². The van der Waals surface area contributed by atoms with Gasteiger partial charge >= 0.3 is 0 Å². The highest BCUT2D eigenvalue weighted by molar-refractivity contribution is 7.99. The van der Waals surface area contributed by atoms with E-state index in [0.29, 0.717) is 20.8 Å². The van der Waals surface area contributed by atoms with Gasteiger partial charge in [-0.1, -0.05) is 35.0 Å². The van der Waals surface area contributed by atoms with Crippen molar-refractivity contribution in [1.82, 2.24) is 4.98 Å². The average molecular weight is 314 g/mol. The van der Waals surface area contributed by atoms with Crippen molar-refractivity contribution < 1.29 is 4.79 Å². The zero-order valence-electron chi connectivity index (χ0n) is 9.56. The number of hydrogen-bond donors (Lipinski definition) is 2. The van der Waals surface area contributed by atoms with Crippen LogP contribution >= 0.6 is 35.0 Å². The van der Waals surface area contributed by atoms with E-state index in [1.807, 2.05) is 0 Å². The Morgan fingerprint density at radius 2 is 1.95 bits per heavy atom. The van der Waals surface area contributed by atoms with Crippen LogP contribution in [0.3, 0.4) is 0 Å². The van der Waals surface area contributed by atoms with Gasteiger partial charge < -0.3 is 11.5 Å². The lowest BCUT2D eigenvalue weighted by Crippen LogP contribution is -2.13. The lowest BCUT2D eigenvalue weighted by molar-refractivity contribution is 0.0997. The Balaban J connectivity index is 2.37. The van der Waals surface area contributed by atoms with Crippen molar-refractivity contribution in [3.05, 3.63) is 46.1 Å². The molecular weight excluding hydrogens is 305 g/mol. The average Bonchev–Trinajstić information content (AvgIpc) is 2.36. The fourth-order valence-corrected chi connectivity index (χ4v) is 2.65. The van der Waals surface area contributed by atoms with Crippen LogP contribution in [0.15, 0.2) is 40.4 Å². The molecule has 2 aromatic rings. The van der Waals surface area contributed by atoms with Gasteiger partial charge in [-0.2, -0.15) is 0 Å². The topological polar surface area (TPSA) is 82.0 Å². The number of benzene rings is 1. The van der Waals surface area contributed by atoms with Gasteiger partial charge in [-0.25, -0.2) is 4.98 Å². The molecule has 0 saturated heterocycles. The van der Waals surface area contributed by atoms with Gasteiger partial charge in [0.25, 0.3) is 5.91 Å². The van der Waals surface area contributed by atoms with E-state index in [2.05, 4.69) is 4.98 Å². The second kappa shape index (κ2) is 5.69. The highest BCUT2D eigenvalue weighted by atomic mass is 35.5. The standard InChI is InChI=1S/C12H9Cl2N3OS/c13-9-2-1-7(4-10(9)14)19-12-8(11(16)18)3-6(15)5-17-12/h1-5H,15H2,(H2,16,18). The zero-order chi connectivity index (χ0) is 14.0. The number of nitrogens with two attached hydrogens (primary N) is 2. The van der Waals surface area contributed by atoms with Crippen LogP contribution in [0.2, 0.25) is 10.0 Å². The molecule has 1 heterocycles. The number of primary amides is 1. The van der Waals surface area contributed by atoms with Gasteiger partial charge in [-0.3, -0.25) is 4.79 Å². The first-order valence-corrected chi connectivity index (χ1v) is 6.73. The van der Waals surface area contributed by atoms with E-state index >= 15 is 0 Å². The van der Waals surface area contributed by atoms with Crippen molar-refractivity contribution in [3.63, 3.8) is 0 Å². The molecule has 0 aliphatic rings. The number of pyridine rings is 1. The summed E-state index contributed by atoms with van der Waals surface area (Å²) in [5.41, 5.74) is 11.5. The number of nitrogens with zero attached hydrogens (tertiary/aromatic N) is 1. The molecule has 0 saturated carbocycles. The number of rotatable bonds is 3. The lowest BCUT2D eigenvalue weighted by Gasteiger charge is -2.07. The Morgan fingerprint density at radius 3 is 2.58 bits per heavy atom. The predicted octanol–water partition coefficient (Wildman–Crippen LogP) is 3.22. The molecule has 4 nitrogen and oxygen atoms in total. The molecular formula is C12H9Cl2N3OS. The number of aromatic nitrogens is 1. The summed E-state index contributed by atoms with van der Waals surface area (Å²) in [5, 5.41) is 1.37. The number of anilines is 1. The van der Waals surface area contributed by atoms with Crippen molar-refractivity contribution in [2.45, 2.75) is 9.92 Å². The molecule has 0 unspecified atom stereocenters. The molecule has 0 aliphatic heterocycles. The second-order valence-electron chi connectivity index (χ2n) is 3.66. The summed E-state index contributed by atoms with van der Waals surface area (Å²) in [6.45, 7) is 0. The Labute approximate surface area is 124 Å². The van der Waals surface area contributed by atoms with E-state index < -0.39 is 5.91 Å².